The SMILES string of the molecule is C=CC1CC1(NC(=O)C1CC2(CCCCC2(C)C)CN1C(=O)C(NC(=O)C(NC(=O)OC(C)(C)C)C(C)(C)C)C(C)(C)C)C(=O)NS(=O)N1CCCC1. The van der Waals surface area contributed by atoms with Crippen LogP contribution in [0, 0.1) is 27.6 Å². The van der Waals surface area contributed by atoms with Gasteiger partial charge >= 0.3 is 6.09 Å². The van der Waals surface area contributed by atoms with Gasteiger partial charge in [-0.25, -0.2) is 13.3 Å². The largest absolute Gasteiger partial charge is 0.444 e. The van der Waals surface area contributed by atoms with Gasteiger partial charge in [0, 0.05) is 25.6 Å². The summed E-state index contributed by atoms with van der Waals surface area (Å²) in [6.07, 6.45) is 7.19. The number of rotatable bonds is 10. The maximum atomic E-state index is 15.0. The molecule has 2 aliphatic heterocycles. The van der Waals surface area contributed by atoms with Crippen molar-refractivity contribution in [3.63, 3.8) is 0 Å². The lowest BCUT2D eigenvalue weighted by Gasteiger charge is -2.48. The van der Waals surface area contributed by atoms with Gasteiger partial charge in [-0.2, -0.15) is 0 Å². The topological polar surface area (TPSA) is 166 Å². The van der Waals surface area contributed by atoms with Crippen molar-refractivity contribution in [3.05, 3.63) is 12.7 Å². The number of hydrogen-bond donors (Lipinski definition) is 4. The first kappa shape index (κ1) is 42.7. The highest BCUT2D eigenvalue weighted by Crippen LogP contribution is 2.57. The average Bonchev–Trinajstić information content (AvgIpc) is 3.33. The zero-order valence-electron chi connectivity index (χ0n) is 34.0. The van der Waals surface area contributed by atoms with Gasteiger partial charge in [-0.1, -0.05) is 74.3 Å². The number of alkyl carbamates (subject to hydrolysis) is 1. The fourth-order valence-corrected chi connectivity index (χ4v) is 9.38. The first-order valence-corrected chi connectivity index (χ1v) is 20.4. The Morgan fingerprint density at radius 2 is 1.43 bits per heavy atom. The molecular weight excluding hydrogens is 697 g/mol. The van der Waals surface area contributed by atoms with Crippen LogP contribution in [0.1, 0.15) is 128 Å². The molecule has 53 heavy (non-hydrogen) atoms. The van der Waals surface area contributed by atoms with Crippen molar-refractivity contribution in [1.29, 1.82) is 0 Å². The average molecular weight is 763 g/mol. The summed E-state index contributed by atoms with van der Waals surface area (Å²) in [7, 11) is 0. The molecule has 4 rings (SSSR count). The number of carbonyl (C=O) groups is 5. The maximum Gasteiger partial charge on any atom is 0.408 e. The lowest BCUT2D eigenvalue weighted by molar-refractivity contribution is -0.145. The summed E-state index contributed by atoms with van der Waals surface area (Å²) < 4.78 is 22.8. The first-order chi connectivity index (χ1) is 24.3. The van der Waals surface area contributed by atoms with Crippen molar-refractivity contribution in [2.45, 2.75) is 157 Å². The van der Waals surface area contributed by atoms with E-state index < -0.39 is 81.0 Å². The molecule has 2 heterocycles. The van der Waals surface area contributed by atoms with Gasteiger partial charge in [0.2, 0.25) is 17.7 Å². The molecule has 2 saturated heterocycles. The van der Waals surface area contributed by atoms with Crippen molar-refractivity contribution < 1.29 is 32.9 Å². The Bertz CT molecular complexity index is 1470. The fraction of sp³-hybridized carbons (Fsp3) is 0.821. The zero-order valence-corrected chi connectivity index (χ0v) is 34.8. The molecule has 4 fully saturated rings. The molecule has 2 aliphatic carbocycles. The van der Waals surface area contributed by atoms with Crippen LogP contribution < -0.4 is 20.7 Å². The standard InChI is InChI=1S/C39H66N6O7S/c1-13-25-22-39(25,32(49)43-53(51)44-20-16-17-21-44)42-29(46)26-23-38(19-15-14-18-37(38,11)12)24-45(26)31(48)28(35(5,6)7)40-30(47)27(34(2,3)4)41-33(50)52-36(8,9)10/h13,25-28H,1,14-24H2,2-12H3,(H,40,47)(H,41,50)(H,42,46)(H,43,49). The van der Waals surface area contributed by atoms with Crippen LogP contribution in [0.15, 0.2) is 12.7 Å². The number of nitrogens with one attached hydrogen (secondary N) is 4. The van der Waals surface area contributed by atoms with E-state index in [1.54, 1.807) is 36.1 Å². The van der Waals surface area contributed by atoms with Gasteiger partial charge in [0.05, 0.1) is 0 Å². The van der Waals surface area contributed by atoms with Crippen molar-refractivity contribution in [2.24, 2.45) is 27.6 Å². The van der Waals surface area contributed by atoms with E-state index in [1.807, 2.05) is 41.5 Å². The van der Waals surface area contributed by atoms with Crippen molar-refractivity contribution in [2.75, 3.05) is 19.6 Å². The highest BCUT2D eigenvalue weighted by molar-refractivity contribution is 7.81. The third kappa shape index (κ3) is 9.45. The highest BCUT2D eigenvalue weighted by Gasteiger charge is 2.63. The van der Waals surface area contributed by atoms with E-state index in [0.29, 0.717) is 32.5 Å². The molecule has 0 aromatic carbocycles. The smallest absolute Gasteiger partial charge is 0.408 e. The molecule has 1 spiro atoms. The van der Waals surface area contributed by atoms with E-state index in [1.165, 1.54) is 0 Å². The lowest BCUT2D eigenvalue weighted by Crippen LogP contribution is -2.63. The molecule has 7 unspecified atom stereocenters. The molecule has 5 amide bonds. The van der Waals surface area contributed by atoms with E-state index in [-0.39, 0.29) is 16.7 Å². The number of likely N-dealkylation sites (tertiary alicyclic amines) is 1. The molecule has 300 valence electrons. The first-order valence-electron chi connectivity index (χ1n) is 19.3. The second-order valence-electron chi connectivity index (χ2n) is 19.6. The molecule has 0 radical (unpaired) electrons. The summed E-state index contributed by atoms with van der Waals surface area (Å²) in [5, 5.41) is 8.71. The van der Waals surface area contributed by atoms with Crippen molar-refractivity contribution in [3.8, 4) is 0 Å². The number of amides is 5. The van der Waals surface area contributed by atoms with Gasteiger partial charge in [0.15, 0.2) is 11.2 Å². The zero-order chi connectivity index (χ0) is 39.9. The quantitative estimate of drug-likeness (QED) is 0.238. The molecular formula is C39H66N6O7S. The van der Waals surface area contributed by atoms with E-state index in [2.05, 4.69) is 41.1 Å². The Balaban J connectivity index is 1.65. The molecule has 0 bridgehead atoms. The monoisotopic (exact) mass is 762 g/mol. The minimum Gasteiger partial charge on any atom is -0.444 e. The normalized spacial score (nSPS) is 29.1. The minimum atomic E-state index is -1.73. The number of carbonyl (C=O) groups excluding carboxylic acids is 5. The molecule has 4 aliphatic rings. The van der Waals surface area contributed by atoms with Crippen LogP contribution in [0.2, 0.25) is 0 Å². The molecule has 0 aromatic rings. The summed E-state index contributed by atoms with van der Waals surface area (Å²) in [6, 6.07) is -3.01. The summed E-state index contributed by atoms with van der Waals surface area (Å²) in [6.45, 7) is 26.1. The van der Waals surface area contributed by atoms with Gasteiger partial charge < -0.3 is 25.6 Å². The van der Waals surface area contributed by atoms with Crippen LogP contribution in [0.4, 0.5) is 4.79 Å². The molecule has 14 heteroatoms. The highest BCUT2D eigenvalue weighted by atomic mass is 32.2. The Labute approximate surface area is 319 Å². The Kier molecular flexibility index (Phi) is 12.3. The van der Waals surface area contributed by atoms with Gasteiger partial charge in [-0.15, -0.1) is 6.58 Å². The van der Waals surface area contributed by atoms with Gasteiger partial charge in [-0.05, 0) is 81.0 Å². The Hall–Kier alpha value is -3.00. The second kappa shape index (κ2) is 15.3. The molecule has 2 saturated carbocycles. The predicted octanol–water partition coefficient (Wildman–Crippen LogP) is 4.50. The van der Waals surface area contributed by atoms with Crippen LogP contribution in [0.3, 0.4) is 0 Å². The predicted molar refractivity (Wildman–Crippen MR) is 205 cm³/mol. The Morgan fingerprint density at radius 1 is 0.849 bits per heavy atom. The van der Waals surface area contributed by atoms with Crippen LogP contribution in [-0.4, -0.2) is 92.0 Å². The van der Waals surface area contributed by atoms with Crippen molar-refractivity contribution >= 4 is 40.9 Å². The van der Waals surface area contributed by atoms with Crippen LogP contribution in [0.5, 0.6) is 0 Å². The Morgan fingerprint density at radius 3 is 1.94 bits per heavy atom. The maximum absolute atomic E-state index is 15.0. The molecule has 4 N–H and O–H groups in total. The van der Waals surface area contributed by atoms with E-state index >= 15 is 0 Å². The molecule has 13 nitrogen and oxygen atoms in total. The number of ether oxygens (including phenoxy) is 1. The second-order valence-corrected chi connectivity index (χ2v) is 20.9. The van der Waals surface area contributed by atoms with Crippen LogP contribution >= 0.6 is 0 Å². The molecule has 0 aromatic heterocycles. The fourth-order valence-electron chi connectivity index (χ4n) is 8.32. The number of nitrogens with zero attached hydrogens (tertiary/aromatic N) is 2. The minimum absolute atomic E-state index is 0.182. The van der Waals surface area contributed by atoms with E-state index in [0.717, 1.165) is 38.5 Å². The van der Waals surface area contributed by atoms with Crippen LogP contribution in [-0.2, 0) is 35.1 Å². The third-order valence-electron chi connectivity index (χ3n) is 11.9. The van der Waals surface area contributed by atoms with Gasteiger partial charge in [0.25, 0.3) is 5.91 Å². The van der Waals surface area contributed by atoms with E-state index in [9.17, 15) is 28.2 Å². The van der Waals surface area contributed by atoms with Gasteiger partial charge in [-0.3, -0.25) is 23.9 Å². The molecule has 7 atom stereocenters. The summed E-state index contributed by atoms with van der Waals surface area (Å²) in [4.78, 5) is 71.8. The summed E-state index contributed by atoms with van der Waals surface area (Å²) >= 11 is -1.73. The third-order valence-corrected chi connectivity index (χ3v) is 13.1. The van der Waals surface area contributed by atoms with Crippen molar-refractivity contribution in [1.82, 2.24) is 29.9 Å². The number of hydrogen-bond acceptors (Lipinski definition) is 7. The van der Waals surface area contributed by atoms with E-state index in [4.69, 9.17) is 4.74 Å². The lowest BCUT2D eigenvalue weighted by atomic mass is 9.57. The summed E-state index contributed by atoms with van der Waals surface area (Å²) in [5.74, 6) is -2.30. The van der Waals surface area contributed by atoms with Crippen LogP contribution in [0.25, 0.3) is 0 Å². The summed E-state index contributed by atoms with van der Waals surface area (Å²) in [5.41, 5.74) is -4.18. The van der Waals surface area contributed by atoms with Gasteiger partial charge in [0.1, 0.15) is 29.3 Å².